The van der Waals surface area contributed by atoms with Crippen LogP contribution in [0.3, 0.4) is 0 Å². The van der Waals surface area contributed by atoms with Crippen molar-refractivity contribution < 1.29 is 4.79 Å². The average molecular weight is 254 g/mol. The molecule has 1 spiro atoms. The smallest absolute Gasteiger partial charge is 0.244 e. The summed E-state index contributed by atoms with van der Waals surface area (Å²) in [5, 5.41) is 3.58. The Morgan fingerprint density at radius 2 is 2.29 bits per heavy atom. The Bertz CT molecular complexity index is 321. The van der Waals surface area contributed by atoms with Crippen LogP contribution in [0.2, 0.25) is 0 Å². The van der Waals surface area contributed by atoms with E-state index in [0.29, 0.717) is 11.8 Å². The quantitative estimate of drug-likeness (QED) is 0.832. The minimum atomic E-state index is -0.138. The lowest BCUT2D eigenvalue weighted by Gasteiger charge is -2.29. The van der Waals surface area contributed by atoms with E-state index in [1.54, 1.807) is 0 Å². The van der Waals surface area contributed by atoms with Gasteiger partial charge in [0.1, 0.15) is 0 Å². The summed E-state index contributed by atoms with van der Waals surface area (Å²) in [5.74, 6) is 4.13. The number of nitrogens with zero attached hydrogens (tertiary/aromatic N) is 1. The summed E-state index contributed by atoms with van der Waals surface area (Å²) in [6.07, 6.45) is 3.65. The van der Waals surface area contributed by atoms with E-state index in [1.165, 1.54) is 17.9 Å². The van der Waals surface area contributed by atoms with Crippen LogP contribution in [-0.4, -0.2) is 40.6 Å². The molecule has 3 rings (SSSR count). The molecule has 2 aliphatic heterocycles. The molecule has 0 radical (unpaired) electrons. The highest BCUT2D eigenvalue weighted by atomic mass is 32.2. The number of hydrogen-bond acceptors (Lipinski definition) is 3. The standard InChI is InChI=1S/C13H22N2OS/c1-9(2)11-14-13(4-5-13)12(16)15(11)7-10-3-6-17-8-10/h9-11,14H,3-8H2,1-2H3. The number of carbonyl (C=O) groups is 1. The second-order valence-corrected chi connectivity index (χ2v) is 7.25. The third-order valence-corrected chi connectivity index (χ3v) is 5.52. The first-order valence-electron chi connectivity index (χ1n) is 6.79. The second-order valence-electron chi connectivity index (χ2n) is 6.10. The van der Waals surface area contributed by atoms with Gasteiger partial charge in [-0.2, -0.15) is 11.8 Å². The van der Waals surface area contributed by atoms with Crippen LogP contribution >= 0.6 is 11.8 Å². The zero-order chi connectivity index (χ0) is 12.0. The Morgan fingerprint density at radius 3 is 2.82 bits per heavy atom. The third kappa shape index (κ3) is 1.99. The minimum absolute atomic E-state index is 0.138. The molecule has 3 fully saturated rings. The van der Waals surface area contributed by atoms with E-state index in [-0.39, 0.29) is 11.7 Å². The molecule has 96 valence electrons. The van der Waals surface area contributed by atoms with Gasteiger partial charge in [0.15, 0.2) is 0 Å². The molecule has 2 atom stereocenters. The molecule has 1 aliphatic carbocycles. The highest BCUT2D eigenvalue weighted by Gasteiger charge is 2.59. The lowest BCUT2D eigenvalue weighted by molar-refractivity contribution is -0.131. The fraction of sp³-hybridized carbons (Fsp3) is 0.923. The van der Waals surface area contributed by atoms with E-state index in [1.807, 2.05) is 11.8 Å². The van der Waals surface area contributed by atoms with Crippen LogP contribution in [0.1, 0.15) is 33.1 Å². The zero-order valence-corrected chi connectivity index (χ0v) is 11.6. The van der Waals surface area contributed by atoms with E-state index >= 15 is 0 Å². The fourth-order valence-electron chi connectivity index (χ4n) is 3.04. The van der Waals surface area contributed by atoms with Crippen LogP contribution in [0.4, 0.5) is 0 Å². The molecule has 2 heterocycles. The second kappa shape index (κ2) is 4.16. The molecule has 0 aromatic heterocycles. The van der Waals surface area contributed by atoms with E-state index in [9.17, 15) is 4.79 Å². The summed E-state index contributed by atoms with van der Waals surface area (Å²) < 4.78 is 0. The van der Waals surface area contributed by atoms with Crippen LogP contribution < -0.4 is 5.32 Å². The third-order valence-electron chi connectivity index (χ3n) is 4.29. The Kier molecular flexibility index (Phi) is 2.90. The van der Waals surface area contributed by atoms with E-state index in [0.717, 1.165) is 25.3 Å². The molecule has 1 N–H and O–H groups in total. The van der Waals surface area contributed by atoms with Gasteiger partial charge in [0.25, 0.3) is 0 Å². The molecule has 1 saturated carbocycles. The van der Waals surface area contributed by atoms with Crippen LogP contribution in [0.5, 0.6) is 0 Å². The van der Waals surface area contributed by atoms with Crippen LogP contribution in [0.25, 0.3) is 0 Å². The molecular weight excluding hydrogens is 232 g/mol. The van der Waals surface area contributed by atoms with Gasteiger partial charge in [-0.05, 0) is 42.6 Å². The lowest BCUT2D eigenvalue weighted by Crippen LogP contribution is -2.43. The van der Waals surface area contributed by atoms with Gasteiger partial charge in [-0.25, -0.2) is 0 Å². The van der Waals surface area contributed by atoms with Crippen LogP contribution in [0, 0.1) is 11.8 Å². The van der Waals surface area contributed by atoms with Gasteiger partial charge in [0.2, 0.25) is 5.91 Å². The van der Waals surface area contributed by atoms with Gasteiger partial charge in [0, 0.05) is 6.54 Å². The van der Waals surface area contributed by atoms with Gasteiger partial charge in [-0.15, -0.1) is 0 Å². The molecule has 0 aromatic carbocycles. The summed E-state index contributed by atoms with van der Waals surface area (Å²) in [5.41, 5.74) is -0.138. The first-order valence-corrected chi connectivity index (χ1v) is 7.94. The monoisotopic (exact) mass is 254 g/mol. The Balaban J connectivity index is 1.72. The summed E-state index contributed by atoms with van der Waals surface area (Å²) in [4.78, 5) is 14.6. The van der Waals surface area contributed by atoms with Gasteiger partial charge in [-0.3, -0.25) is 10.1 Å². The van der Waals surface area contributed by atoms with Crippen LogP contribution in [0.15, 0.2) is 0 Å². The summed E-state index contributed by atoms with van der Waals surface area (Å²) >= 11 is 2.03. The molecule has 4 heteroatoms. The number of amides is 1. The number of hydrogen-bond donors (Lipinski definition) is 1. The largest absolute Gasteiger partial charge is 0.325 e. The van der Waals surface area contributed by atoms with Crippen molar-refractivity contribution in [3.05, 3.63) is 0 Å². The van der Waals surface area contributed by atoms with Crippen molar-refractivity contribution in [3.8, 4) is 0 Å². The van der Waals surface area contributed by atoms with E-state index < -0.39 is 0 Å². The topological polar surface area (TPSA) is 32.3 Å². The molecule has 0 bridgehead atoms. The first-order chi connectivity index (χ1) is 8.12. The van der Waals surface area contributed by atoms with Gasteiger partial charge >= 0.3 is 0 Å². The maximum Gasteiger partial charge on any atom is 0.244 e. The highest BCUT2D eigenvalue weighted by Crippen LogP contribution is 2.43. The minimum Gasteiger partial charge on any atom is -0.325 e. The van der Waals surface area contributed by atoms with Crippen molar-refractivity contribution in [3.63, 3.8) is 0 Å². The molecule has 3 nitrogen and oxygen atoms in total. The van der Waals surface area contributed by atoms with Crippen LogP contribution in [-0.2, 0) is 4.79 Å². The summed E-state index contributed by atoms with van der Waals surface area (Å²) in [6, 6.07) is 0. The van der Waals surface area contributed by atoms with Crippen molar-refractivity contribution in [1.29, 1.82) is 0 Å². The first kappa shape index (κ1) is 11.8. The van der Waals surface area contributed by atoms with Gasteiger partial charge < -0.3 is 4.90 Å². The molecular formula is C13H22N2OS. The predicted octanol–water partition coefficient (Wildman–Crippen LogP) is 1.69. The fourth-order valence-corrected chi connectivity index (χ4v) is 4.31. The average Bonchev–Trinajstić information content (AvgIpc) is 2.79. The predicted molar refractivity (Wildman–Crippen MR) is 70.9 cm³/mol. The summed E-state index contributed by atoms with van der Waals surface area (Å²) in [6.45, 7) is 5.40. The van der Waals surface area contributed by atoms with Crippen molar-refractivity contribution in [2.75, 3.05) is 18.1 Å². The number of nitrogens with one attached hydrogen (secondary N) is 1. The van der Waals surface area contributed by atoms with Gasteiger partial charge in [0.05, 0.1) is 11.7 Å². The lowest BCUT2D eigenvalue weighted by atomic mass is 10.1. The maximum atomic E-state index is 12.4. The highest BCUT2D eigenvalue weighted by molar-refractivity contribution is 7.99. The molecule has 0 aromatic rings. The van der Waals surface area contributed by atoms with Gasteiger partial charge in [-0.1, -0.05) is 13.8 Å². The molecule has 1 amide bonds. The summed E-state index contributed by atoms with van der Waals surface area (Å²) in [7, 11) is 0. The Morgan fingerprint density at radius 1 is 1.53 bits per heavy atom. The number of rotatable bonds is 3. The van der Waals surface area contributed by atoms with Crippen molar-refractivity contribution in [1.82, 2.24) is 10.2 Å². The van der Waals surface area contributed by atoms with Crippen molar-refractivity contribution >= 4 is 17.7 Å². The number of thioether (sulfide) groups is 1. The maximum absolute atomic E-state index is 12.4. The van der Waals surface area contributed by atoms with E-state index in [4.69, 9.17) is 0 Å². The molecule has 2 saturated heterocycles. The van der Waals surface area contributed by atoms with Crippen molar-refractivity contribution in [2.45, 2.75) is 44.8 Å². The Hall–Kier alpha value is -0.220. The molecule has 17 heavy (non-hydrogen) atoms. The SMILES string of the molecule is CC(C)C1NC2(CC2)C(=O)N1CC1CCSC1. The van der Waals surface area contributed by atoms with E-state index in [2.05, 4.69) is 24.1 Å². The molecule has 2 unspecified atom stereocenters. The normalized spacial score (nSPS) is 35.2. The molecule has 3 aliphatic rings. The number of carbonyl (C=O) groups excluding carboxylic acids is 1. The Labute approximate surface area is 108 Å². The van der Waals surface area contributed by atoms with Crippen molar-refractivity contribution in [2.24, 2.45) is 11.8 Å². The zero-order valence-electron chi connectivity index (χ0n) is 10.7.